The molecule has 118 valence electrons. The van der Waals surface area contributed by atoms with E-state index in [0.29, 0.717) is 10.6 Å². The van der Waals surface area contributed by atoms with Gasteiger partial charge in [0.05, 0.1) is 6.10 Å². The molecule has 23 heavy (non-hydrogen) atoms. The van der Waals surface area contributed by atoms with E-state index in [1.54, 1.807) is 24.3 Å². The van der Waals surface area contributed by atoms with Crippen LogP contribution in [0.2, 0.25) is 5.02 Å². The molecule has 1 heterocycles. The number of rotatable bonds is 4. The molecule has 0 fully saturated rings. The molecule has 0 aliphatic rings. The lowest BCUT2D eigenvalue weighted by atomic mass is 10.1. The fourth-order valence-electron chi connectivity index (χ4n) is 2.55. The van der Waals surface area contributed by atoms with Crippen LogP contribution >= 0.6 is 11.6 Å². The number of nitrogens with zero attached hydrogens (tertiary/aromatic N) is 1. The summed E-state index contributed by atoms with van der Waals surface area (Å²) in [6.45, 7) is 0.143. The zero-order valence-corrected chi connectivity index (χ0v) is 13.4. The van der Waals surface area contributed by atoms with Crippen LogP contribution in [0.3, 0.4) is 0 Å². The van der Waals surface area contributed by atoms with E-state index >= 15 is 0 Å². The Bertz CT molecular complexity index is 857. The molecule has 0 radical (unpaired) electrons. The number of carbonyl (C=O) groups excluding carboxylic acids is 1. The average molecular weight is 329 g/mol. The van der Waals surface area contributed by atoms with Gasteiger partial charge in [0.1, 0.15) is 0 Å². The van der Waals surface area contributed by atoms with Gasteiger partial charge in [0.25, 0.3) is 5.91 Å². The fourth-order valence-corrected chi connectivity index (χ4v) is 2.74. The van der Waals surface area contributed by atoms with Crippen LogP contribution in [0.15, 0.2) is 54.7 Å². The third-order valence-electron chi connectivity index (χ3n) is 3.84. The Labute approximate surface area is 139 Å². The number of benzene rings is 2. The zero-order valence-electron chi connectivity index (χ0n) is 12.7. The molecule has 3 aromatic rings. The quantitative estimate of drug-likeness (QED) is 0.772. The molecular formula is C18H17ClN2O2. The second-order valence-corrected chi connectivity index (χ2v) is 5.92. The second kappa shape index (κ2) is 6.44. The fraction of sp³-hybridized carbons (Fsp3) is 0.167. The number of aromatic nitrogens is 1. The Morgan fingerprint density at radius 1 is 1.26 bits per heavy atom. The first kappa shape index (κ1) is 15.6. The Morgan fingerprint density at radius 3 is 2.87 bits per heavy atom. The van der Waals surface area contributed by atoms with Crippen molar-refractivity contribution in [2.75, 3.05) is 6.54 Å². The minimum absolute atomic E-state index is 0.143. The topological polar surface area (TPSA) is 54.3 Å². The minimum atomic E-state index is -0.761. The van der Waals surface area contributed by atoms with Gasteiger partial charge in [-0.25, -0.2) is 0 Å². The predicted octanol–water partition coefficient (Wildman–Crippen LogP) is 3.30. The monoisotopic (exact) mass is 328 g/mol. The molecular weight excluding hydrogens is 312 g/mol. The SMILES string of the molecule is Cn1ccc2cc([C@@H](O)CNC(=O)c3cccc(Cl)c3)ccc21. The Morgan fingerprint density at radius 2 is 2.09 bits per heavy atom. The van der Waals surface area contributed by atoms with Crippen LogP contribution in [0.25, 0.3) is 10.9 Å². The Balaban J connectivity index is 1.68. The Hall–Kier alpha value is -2.30. The van der Waals surface area contributed by atoms with E-state index in [9.17, 15) is 9.90 Å². The number of fused-ring (bicyclic) bond motifs is 1. The molecule has 0 saturated carbocycles. The van der Waals surface area contributed by atoms with E-state index in [1.807, 2.05) is 42.1 Å². The summed E-state index contributed by atoms with van der Waals surface area (Å²) in [7, 11) is 1.98. The van der Waals surface area contributed by atoms with Gasteiger partial charge in [-0.3, -0.25) is 4.79 Å². The molecule has 0 bridgehead atoms. The van der Waals surface area contributed by atoms with Gasteiger partial charge in [-0.15, -0.1) is 0 Å². The van der Waals surface area contributed by atoms with Crippen molar-refractivity contribution in [2.24, 2.45) is 7.05 Å². The molecule has 5 heteroatoms. The molecule has 0 aliphatic heterocycles. The maximum Gasteiger partial charge on any atom is 0.251 e. The molecule has 2 N–H and O–H groups in total. The highest BCUT2D eigenvalue weighted by Gasteiger charge is 2.12. The summed E-state index contributed by atoms with van der Waals surface area (Å²) in [5.41, 5.74) is 2.35. The molecule has 0 unspecified atom stereocenters. The van der Waals surface area contributed by atoms with Gasteiger partial charge in [-0.1, -0.05) is 23.7 Å². The maximum absolute atomic E-state index is 12.1. The van der Waals surface area contributed by atoms with E-state index in [0.717, 1.165) is 16.5 Å². The number of aryl methyl sites for hydroxylation is 1. The van der Waals surface area contributed by atoms with Crippen molar-refractivity contribution in [1.29, 1.82) is 0 Å². The third-order valence-corrected chi connectivity index (χ3v) is 4.07. The molecule has 4 nitrogen and oxygen atoms in total. The molecule has 3 rings (SSSR count). The van der Waals surface area contributed by atoms with Crippen LogP contribution in [0.4, 0.5) is 0 Å². The van der Waals surface area contributed by atoms with Crippen molar-refractivity contribution < 1.29 is 9.90 Å². The second-order valence-electron chi connectivity index (χ2n) is 5.48. The van der Waals surface area contributed by atoms with Crippen LogP contribution < -0.4 is 5.32 Å². The highest BCUT2D eigenvalue weighted by Crippen LogP contribution is 2.21. The van der Waals surface area contributed by atoms with E-state index in [1.165, 1.54) is 0 Å². The van der Waals surface area contributed by atoms with Crippen LogP contribution in [0, 0.1) is 0 Å². The number of nitrogens with one attached hydrogen (secondary N) is 1. The van der Waals surface area contributed by atoms with Crippen LogP contribution in [-0.4, -0.2) is 22.1 Å². The molecule has 0 aliphatic carbocycles. The minimum Gasteiger partial charge on any atom is -0.387 e. The normalized spacial score (nSPS) is 12.3. The van der Waals surface area contributed by atoms with Gasteiger partial charge in [0.15, 0.2) is 0 Å². The van der Waals surface area contributed by atoms with E-state index < -0.39 is 6.10 Å². The summed E-state index contributed by atoms with van der Waals surface area (Å²) >= 11 is 5.87. The smallest absolute Gasteiger partial charge is 0.251 e. The number of aliphatic hydroxyl groups excluding tert-OH is 1. The summed E-state index contributed by atoms with van der Waals surface area (Å²) in [5.74, 6) is -0.257. The molecule has 0 spiro atoms. The lowest BCUT2D eigenvalue weighted by Crippen LogP contribution is -2.28. The van der Waals surface area contributed by atoms with E-state index in [4.69, 9.17) is 11.6 Å². The highest BCUT2D eigenvalue weighted by atomic mass is 35.5. The van der Waals surface area contributed by atoms with Crippen LogP contribution in [-0.2, 0) is 7.05 Å². The van der Waals surface area contributed by atoms with Crippen LogP contribution in [0.1, 0.15) is 22.0 Å². The molecule has 1 aromatic heterocycles. The highest BCUT2D eigenvalue weighted by molar-refractivity contribution is 6.30. The summed E-state index contributed by atoms with van der Waals surface area (Å²) in [6.07, 6.45) is 1.21. The van der Waals surface area contributed by atoms with Gasteiger partial charge >= 0.3 is 0 Å². The van der Waals surface area contributed by atoms with Crippen molar-refractivity contribution in [2.45, 2.75) is 6.10 Å². The maximum atomic E-state index is 12.1. The number of hydrogen-bond acceptors (Lipinski definition) is 2. The average Bonchev–Trinajstić information content (AvgIpc) is 2.93. The summed E-state index contributed by atoms with van der Waals surface area (Å²) in [5, 5.41) is 14.6. The third kappa shape index (κ3) is 3.38. The number of aliphatic hydroxyl groups is 1. The summed E-state index contributed by atoms with van der Waals surface area (Å²) in [4.78, 5) is 12.1. The first-order valence-electron chi connectivity index (χ1n) is 7.31. The Kier molecular flexibility index (Phi) is 4.37. The van der Waals surface area contributed by atoms with Crippen molar-refractivity contribution in [3.05, 3.63) is 70.9 Å². The number of hydrogen-bond donors (Lipinski definition) is 2. The molecule has 1 atom stereocenters. The largest absolute Gasteiger partial charge is 0.387 e. The van der Waals surface area contributed by atoms with Gasteiger partial charge in [0.2, 0.25) is 0 Å². The van der Waals surface area contributed by atoms with Gasteiger partial charge in [-0.2, -0.15) is 0 Å². The molecule has 0 saturated heterocycles. The van der Waals surface area contributed by atoms with Crippen molar-refractivity contribution in [3.63, 3.8) is 0 Å². The molecule has 2 aromatic carbocycles. The first-order chi connectivity index (χ1) is 11.0. The zero-order chi connectivity index (χ0) is 16.4. The number of amides is 1. The van der Waals surface area contributed by atoms with Crippen molar-refractivity contribution in [1.82, 2.24) is 9.88 Å². The number of carbonyl (C=O) groups is 1. The van der Waals surface area contributed by atoms with Gasteiger partial charge in [0, 0.05) is 35.9 Å². The van der Waals surface area contributed by atoms with Crippen molar-refractivity contribution >= 4 is 28.4 Å². The van der Waals surface area contributed by atoms with Crippen LogP contribution in [0.5, 0.6) is 0 Å². The summed E-state index contributed by atoms with van der Waals surface area (Å²) < 4.78 is 2.02. The van der Waals surface area contributed by atoms with Gasteiger partial charge < -0.3 is 15.0 Å². The van der Waals surface area contributed by atoms with E-state index in [2.05, 4.69) is 5.32 Å². The number of halogens is 1. The van der Waals surface area contributed by atoms with Gasteiger partial charge in [-0.05, 0) is 47.3 Å². The lowest BCUT2D eigenvalue weighted by Gasteiger charge is -2.13. The van der Waals surface area contributed by atoms with Crippen molar-refractivity contribution in [3.8, 4) is 0 Å². The standard InChI is InChI=1S/C18H17ClN2O2/c1-21-8-7-12-9-13(5-6-16(12)21)17(22)11-20-18(23)14-3-2-4-15(19)10-14/h2-10,17,22H,11H2,1H3,(H,20,23)/t17-/m0/s1. The van der Waals surface area contributed by atoms with E-state index in [-0.39, 0.29) is 12.5 Å². The predicted molar refractivity (Wildman–Crippen MR) is 91.7 cm³/mol. The first-order valence-corrected chi connectivity index (χ1v) is 7.69. The molecule has 1 amide bonds. The summed E-state index contributed by atoms with van der Waals surface area (Å²) in [6, 6.07) is 14.5. The lowest BCUT2D eigenvalue weighted by molar-refractivity contribution is 0.0916.